The van der Waals surface area contributed by atoms with E-state index < -0.39 is 0 Å². The lowest BCUT2D eigenvalue weighted by molar-refractivity contribution is 0.102. The zero-order chi connectivity index (χ0) is 19.8. The molecule has 4 heterocycles. The van der Waals surface area contributed by atoms with Crippen LogP contribution in [0.4, 0.5) is 5.82 Å². The zero-order valence-corrected chi connectivity index (χ0v) is 16.2. The summed E-state index contributed by atoms with van der Waals surface area (Å²) >= 11 is 0. The van der Waals surface area contributed by atoms with Crippen molar-refractivity contribution >= 4 is 33.5 Å². The Hall–Kier alpha value is -3.32. The van der Waals surface area contributed by atoms with E-state index in [0.717, 1.165) is 34.9 Å². The number of nitrogens with one attached hydrogen (secondary N) is 2. The summed E-state index contributed by atoms with van der Waals surface area (Å²) in [4.78, 5) is 23.0. The van der Waals surface area contributed by atoms with Crippen molar-refractivity contribution in [2.24, 2.45) is 0 Å². The van der Waals surface area contributed by atoms with Gasteiger partial charge in [0.2, 0.25) is 0 Å². The Balaban J connectivity index is 1.34. The number of likely N-dealkylation sites (tertiary alicyclic amines) is 1. The van der Waals surface area contributed by atoms with E-state index in [1.165, 1.54) is 18.5 Å². The predicted molar refractivity (Wildman–Crippen MR) is 113 cm³/mol. The van der Waals surface area contributed by atoms with Gasteiger partial charge in [-0.25, -0.2) is 4.98 Å². The van der Waals surface area contributed by atoms with Crippen LogP contribution in [-0.4, -0.2) is 43.6 Å². The van der Waals surface area contributed by atoms with E-state index in [9.17, 15) is 4.79 Å². The Kier molecular flexibility index (Phi) is 4.44. The van der Waals surface area contributed by atoms with Crippen LogP contribution in [0, 0.1) is 0 Å². The molecule has 3 aromatic heterocycles. The van der Waals surface area contributed by atoms with Crippen LogP contribution in [0.2, 0.25) is 0 Å². The summed E-state index contributed by atoms with van der Waals surface area (Å²) in [6.45, 7) is 4.34. The molecule has 1 saturated heterocycles. The van der Waals surface area contributed by atoms with E-state index in [-0.39, 0.29) is 5.91 Å². The predicted octanol–water partition coefficient (Wildman–Crippen LogP) is 3.74. The highest BCUT2D eigenvalue weighted by Gasteiger charge is 2.20. The van der Waals surface area contributed by atoms with E-state index >= 15 is 0 Å². The van der Waals surface area contributed by atoms with Crippen molar-refractivity contribution in [2.75, 3.05) is 11.9 Å². The Morgan fingerprint density at radius 2 is 2.17 bits per heavy atom. The van der Waals surface area contributed by atoms with Gasteiger partial charge in [0.25, 0.3) is 5.91 Å². The number of hydrogen-bond acceptors (Lipinski definition) is 5. The molecular weight excluding hydrogens is 364 g/mol. The quantitative estimate of drug-likeness (QED) is 0.558. The smallest absolute Gasteiger partial charge is 0.256 e. The minimum atomic E-state index is -0.201. The number of H-pyrrole nitrogens is 1. The molecule has 29 heavy (non-hydrogen) atoms. The number of rotatable bonds is 4. The van der Waals surface area contributed by atoms with E-state index in [1.54, 1.807) is 24.5 Å². The van der Waals surface area contributed by atoms with Crippen LogP contribution in [-0.2, 0) is 6.54 Å². The van der Waals surface area contributed by atoms with E-state index in [2.05, 4.69) is 43.4 Å². The molecule has 1 atom stereocenters. The third-order valence-electron chi connectivity index (χ3n) is 5.64. The van der Waals surface area contributed by atoms with Crippen molar-refractivity contribution in [1.82, 2.24) is 25.1 Å². The summed E-state index contributed by atoms with van der Waals surface area (Å²) in [5.74, 6) is 0.326. The summed E-state index contributed by atoms with van der Waals surface area (Å²) in [5, 5.41) is 12.7. The Bertz CT molecular complexity index is 1200. The molecule has 4 aromatic rings. The lowest BCUT2D eigenvalue weighted by atomic mass is 10.1. The molecule has 1 amide bonds. The van der Waals surface area contributed by atoms with Crippen LogP contribution in [0.15, 0.2) is 48.8 Å². The van der Waals surface area contributed by atoms with Crippen molar-refractivity contribution in [3.05, 3.63) is 60.0 Å². The maximum absolute atomic E-state index is 12.7. The van der Waals surface area contributed by atoms with Gasteiger partial charge in [0.1, 0.15) is 5.82 Å². The van der Waals surface area contributed by atoms with Crippen LogP contribution in [0.3, 0.4) is 0 Å². The second kappa shape index (κ2) is 7.25. The van der Waals surface area contributed by atoms with Gasteiger partial charge in [-0.15, -0.1) is 0 Å². The normalized spacial score (nSPS) is 17.2. The lowest BCUT2D eigenvalue weighted by Gasteiger charge is -2.19. The zero-order valence-electron chi connectivity index (χ0n) is 16.2. The molecule has 0 spiro atoms. The molecule has 7 nitrogen and oxygen atoms in total. The van der Waals surface area contributed by atoms with Gasteiger partial charge in [0, 0.05) is 46.9 Å². The summed E-state index contributed by atoms with van der Waals surface area (Å²) in [6.07, 6.45) is 5.94. The minimum absolute atomic E-state index is 0.201. The van der Waals surface area contributed by atoms with Gasteiger partial charge >= 0.3 is 0 Å². The van der Waals surface area contributed by atoms with Crippen molar-refractivity contribution in [3.8, 4) is 0 Å². The highest BCUT2D eigenvalue weighted by Crippen LogP contribution is 2.23. The fourth-order valence-electron chi connectivity index (χ4n) is 4.00. The van der Waals surface area contributed by atoms with E-state index in [4.69, 9.17) is 0 Å². The number of pyridine rings is 1. The third-order valence-corrected chi connectivity index (χ3v) is 5.64. The third kappa shape index (κ3) is 3.56. The van der Waals surface area contributed by atoms with Gasteiger partial charge in [-0.2, -0.15) is 10.2 Å². The Morgan fingerprint density at radius 1 is 1.24 bits per heavy atom. The molecule has 0 saturated carbocycles. The highest BCUT2D eigenvalue weighted by atomic mass is 16.1. The number of benzene rings is 1. The molecule has 0 aliphatic carbocycles. The summed E-state index contributed by atoms with van der Waals surface area (Å²) in [7, 11) is 0. The summed E-state index contributed by atoms with van der Waals surface area (Å²) < 4.78 is 0. The monoisotopic (exact) mass is 386 g/mol. The Labute approximate surface area is 168 Å². The molecule has 0 unspecified atom stereocenters. The number of aromatic nitrogens is 4. The first-order valence-corrected chi connectivity index (χ1v) is 9.90. The van der Waals surface area contributed by atoms with Crippen LogP contribution in [0.25, 0.3) is 21.8 Å². The van der Waals surface area contributed by atoms with Gasteiger partial charge in [-0.05, 0) is 56.6 Å². The highest BCUT2D eigenvalue weighted by molar-refractivity contribution is 6.06. The number of amides is 1. The molecule has 7 heteroatoms. The molecule has 5 rings (SSSR count). The fourth-order valence-corrected chi connectivity index (χ4v) is 4.00. The van der Waals surface area contributed by atoms with Gasteiger partial charge < -0.3 is 10.3 Å². The number of hydrogen-bond donors (Lipinski definition) is 2. The molecule has 0 bridgehead atoms. The van der Waals surface area contributed by atoms with Gasteiger partial charge in [0.05, 0.1) is 17.2 Å². The topological polar surface area (TPSA) is 86.8 Å². The summed E-state index contributed by atoms with van der Waals surface area (Å²) in [5.41, 5.74) is 3.47. The van der Waals surface area contributed by atoms with Gasteiger partial charge in [-0.3, -0.25) is 9.69 Å². The fraction of sp³-hybridized carbons (Fsp3) is 0.273. The molecule has 146 valence electrons. The van der Waals surface area contributed by atoms with Crippen molar-refractivity contribution in [2.45, 2.75) is 32.4 Å². The summed E-state index contributed by atoms with van der Waals surface area (Å²) in [6, 6.07) is 11.8. The first-order valence-electron chi connectivity index (χ1n) is 9.90. The van der Waals surface area contributed by atoms with Crippen LogP contribution in [0.5, 0.6) is 0 Å². The lowest BCUT2D eigenvalue weighted by Crippen LogP contribution is -2.26. The average Bonchev–Trinajstić information content (AvgIpc) is 3.33. The SMILES string of the molecule is C[C@H]1CCCN1Cc1cc2cnc(NC(=O)c3ccc4nnccc4c3)cc2[nH]1. The van der Waals surface area contributed by atoms with E-state index in [0.29, 0.717) is 17.4 Å². The largest absolute Gasteiger partial charge is 0.357 e. The maximum atomic E-state index is 12.7. The van der Waals surface area contributed by atoms with E-state index in [1.807, 2.05) is 18.2 Å². The van der Waals surface area contributed by atoms with Crippen LogP contribution in [0.1, 0.15) is 35.8 Å². The number of anilines is 1. The van der Waals surface area contributed by atoms with Gasteiger partial charge in [0.15, 0.2) is 0 Å². The molecule has 1 aliphatic rings. The standard InChI is InChI=1S/C22H22N6O/c1-14-3-2-8-28(14)13-18-10-17-12-23-21(11-20(17)25-18)26-22(29)16-4-5-19-15(9-16)6-7-24-27-19/h4-7,9-12,14,25H,2-3,8,13H2,1H3,(H,23,26,29)/t14-/m0/s1. The van der Waals surface area contributed by atoms with Crippen molar-refractivity contribution < 1.29 is 4.79 Å². The number of carbonyl (C=O) groups excluding carboxylic acids is 1. The number of aromatic amines is 1. The van der Waals surface area contributed by atoms with Crippen molar-refractivity contribution in [3.63, 3.8) is 0 Å². The molecule has 1 fully saturated rings. The molecule has 1 aliphatic heterocycles. The number of nitrogens with zero attached hydrogens (tertiary/aromatic N) is 4. The minimum Gasteiger partial charge on any atom is -0.357 e. The molecule has 2 N–H and O–H groups in total. The van der Waals surface area contributed by atoms with Crippen LogP contribution < -0.4 is 5.32 Å². The maximum Gasteiger partial charge on any atom is 0.256 e. The first kappa shape index (κ1) is 17.8. The number of carbonyl (C=O) groups is 1. The van der Waals surface area contributed by atoms with Crippen LogP contribution >= 0.6 is 0 Å². The average molecular weight is 386 g/mol. The number of fused-ring (bicyclic) bond motifs is 2. The van der Waals surface area contributed by atoms with Gasteiger partial charge in [-0.1, -0.05) is 0 Å². The van der Waals surface area contributed by atoms with Crippen molar-refractivity contribution in [1.29, 1.82) is 0 Å². The second-order valence-corrected chi connectivity index (χ2v) is 7.67. The first-order chi connectivity index (χ1) is 14.2. The molecular formula is C22H22N6O. The molecule has 0 radical (unpaired) electrons. The Morgan fingerprint density at radius 3 is 3.03 bits per heavy atom. The second-order valence-electron chi connectivity index (χ2n) is 7.67. The molecule has 1 aromatic carbocycles.